The fraction of sp³-hybridized carbons (Fsp3) is 0.636. The number of fused-ring (bicyclic) bond motifs is 2. The molecule has 3 rings (SSSR count). The fourth-order valence-electron chi connectivity index (χ4n) is 4.17. The third-order valence-electron chi connectivity index (χ3n) is 5.59. The van der Waals surface area contributed by atoms with Crippen molar-refractivity contribution >= 4 is 6.03 Å². The average molecular weight is 400 g/mol. The zero-order valence-electron chi connectivity index (χ0n) is 17.7. The predicted molar refractivity (Wildman–Crippen MR) is 113 cm³/mol. The average Bonchev–Trinajstić information content (AvgIpc) is 2.88. The third-order valence-corrected chi connectivity index (χ3v) is 5.59. The number of piperazine rings is 1. The summed E-state index contributed by atoms with van der Waals surface area (Å²) in [5.41, 5.74) is 6.79. The van der Waals surface area contributed by atoms with E-state index in [0.717, 1.165) is 44.6 Å². The van der Waals surface area contributed by atoms with E-state index in [1.165, 1.54) is 0 Å². The van der Waals surface area contributed by atoms with E-state index in [9.17, 15) is 4.79 Å². The molecule has 0 saturated carbocycles. The number of benzene rings is 1. The molecule has 0 radical (unpaired) electrons. The van der Waals surface area contributed by atoms with Crippen LogP contribution >= 0.6 is 0 Å². The van der Waals surface area contributed by atoms with Crippen LogP contribution in [0.2, 0.25) is 0 Å². The van der Waals surface area contributed by atoms with Crippen molar-refractivity contribution in [1.82, 2.24) is 15.1 Å². The van der Waals surface area contributed by atoms with Crippen LogP contribution in [0, 0.1) is 11.3 Å². The lowest BCUT2D eigenvalue weighted by Gasteiger charge is -2.42. The number of likely N-dealkylation sites (tertiary alicyclic amines) is 1. The zero-order chi connectivity index (χ0) is 21.0. The van der Waals surface area contributed by atoms with Gasteiger partial charge < -0.3 is 20.7 Å². The van der Waals surface area contributed by atoms with Gasteiger partial charge in [-0.05, 0) is 64.3 Å². The molecule has 7 nitrogen and oxygen atoms in total. The lowest BCUT2D eigenvalue weighted by atomic mass is 10.1. The second-order valence-corrected chi connectivity index (χ2v) is 9.20. The molecule has 3 N–H and O–H groups in total. The summed E-state index contributed by atoms with van der Waals surface area (Å²) in [5.74, 6) is 0.759. The Morgan fingerprint density at radius 1 is 1.28 bits per heavy atom. The van der Waals surface area contributed by atoms with Crippen LogP contribution in [0.3, 0.4) is 0 Å². The Kier molecular flexibility index (Phi) is 6.66. The van der Waals surface area contributed by atoms with Gasteiger partial charge in [-0.1, -0.05) is 0 Å². The van der Waals surface area contributed by atoms with Gasteiger partial charge in [-0.3, -0.25) is 4.90 Å². The van der Waals surface area contributed by atoms with Crippen molar-refractivity contribution in [2.75, 3.05) is 26.2 Å². The molecule has 29 heavy (non-hydrogen) atoms. The smallest absolute Gasteiger partial charge is 0.317 e. The van der Waals surface area contributed by atoms with Crippen molar-refractivity contribution in [3.05, 3.63) is 29.8 Å². The largest absolute Gasteiger partial charge is 0.494 e. The Morgan fingerprint density at radius 2 is 1.90 bits per heavy atom. The highest BCUT2D eigenvalue weighted by atomic mass is 16.5. The van der Waals surface area contributed by atoms with Crippen molar-refractivity contribution in [3.63, 3.8) is 0 Å². The summed E-state index contributed by atoms with van der Waals surface area (Å²) < 4.78 is 5.76. The highest BCUT2D eigenvalue weighted by Crippen LogP contribution is 2.30. The minimum atomic E-state index is -0.218. The number of rotatable bonds is 6. The molecule has 0 aromatic heterocycles. The maximum Gasteiger partial charge on any atom is 0.317 e. The van der Waals surface area contributed by atoms with Crippen molar-refractivity contribution < 1.29 is 9.53 Å². The van der Waals surface area contributed by atoms with Crippen molar-refractivity contribution in [1.29, 1.82) is 5.26 Å². The van der Waals surface area contributed by atoms with E-state index in [1.54, 1.807) is 12.1 Å². The molecule has 2 saturated heterocycles. The molecule has 0 spiro atoms. The number of hydrogen-bond acceptors (Lipinski definition) is 5. The van der Waals surface area contributed by atoms with Crippen LogP contribution in [0.4, 0.5) is 4.79 Å². The van der Waals surface area contributed by atoms with Crippen LogP contribution in [0.25, 0.3) is 0 Å². The first kappa shape index (κ1) is 21.4. The highest BCUT2D eigenvalue weighted by Gasteiger charge is 2.41. The molecule has 1 aromatic carbocycles. The molecule has 2 fully saturated rings. The van der Waals surface area contributed by atoms with Crippen molar-refractivity contribution in [2.24, 2.45) is 5.73 Å². The molecule has 1 aromatic rings. The SMILES string of the molecule is CC(C)(C)NC(=O)N1CC2CCC(C1)N2CC(N)CCOc1ccc(C#N)cc1. The first-order valence-corrected chi connectivity index (χ1v) is 10.5. The molecule has 2 heterocycles. The number of carbonyl (C=O) groups is 1. The van der Waals surface area contributed by atoms with Gasteiger partial charge in [-0.2, -0.15) is 5.26 Å². The second kappa shape index (κ2) is 9.02. The van der Waals surface area contributed by atoms with Crippen LogP contribution in [-0.4, -0.2) is 65.7 Å². The molecular formula is C22H33N5O2. The Morgan fingerprint density at radius 3 is 2.45 bits per heavy atom. The van der Waals surface area contributed by atoms with E-state index in [1.807, 2.05) is 37.8 Å². The van der Waals surface area contributed by atoms with Gasteiger partial charge in [0.1, 0.15) is 5.75 Å². The lowest BCUT2D eigenvalue weighted by molar-refractivity contribution is 0.0738. The van der Waals surface area contributed by atoms with Gasteiger partial charge >= 0.3 is 6.03 Å². The summed E-state index contributed by atoms with van der Waals surface area (Å²) in [5, 5.41) is 11.9. The van der Waals surface area contributed by atoms with E-state index >= 15 is 0 Å². The number of amides is 2. The number of nitrogens with two attached hydrogens (primary N) is 1. The van der Waals surface area contributed by atoms with E-state index in [-0.39, 0.29) is 17.6 Å². The van der Waals surface area contributed by atoms with Gasteiger partial charge in [-0.25, -0.2) is 4.79 Å². The molecular weight excluding hydrogens is 366 g/mol. The minimum absolute atomic E-state index is 0.0337. The van der Waals surface area contributed by atoms with E-state index in [0.29, 0.717) is 24.3 Å². The van der Waals surface area contributed by atoms with Crippen LogP contribution < -0.4 is 15.8 Å². The molecule has 3 atom stereocenters. The van der Waals surface area contributed by atoms with Gasteiger partial charge in [0.25, 0.3) is 0 Å². The van der Waals surface area contributed by atoms with Crippen LogP contribution in [0.15, 0.2) is 24.3 Å². The summed E-state index contributed by atoms with van der Waals surface area (Å²) in [6.45, 7) is 8.95. The minimum Gasteiger partial charge on any atom is -0.494 e. The van der Waals surface area contributed by atoms with Gasteiger partial charge in [0.15, 0.2) is 0 Å². The molecule has 3 unspecified atom stereocenters. The van der Waals surface area contributed by atoms with E-state index in [4.69, 9.17) is 15.7 Å². The maximum absolute atomic E-state index is 12.5. The summed E-state index contributed by atoms with van der Waals surface area (Å²) >= 11 is 0. The van der Waals surface area contributed by atoms with Gasteiger partial charge in [0, 0.05) is 43.3 Å². The first-order chi connectivity index (χ1) is 13.7. The number of nitrogens with one attached hydrogen (secondary N) is 1. The molecule has 7 heteroatoms. The molecule has 2 aliphatic rings. The number of ether oxygens (including phenoxy) is 1. The van der Waals surface area contributed by atoms with Crippen molar-refractivity contribution in [3.8, 4) is 11.8 Å². The second-order valence-electron chi connectivity index (χ2n) is 9.20. The van der Waals surface area contributed by atoms with Crippen molar-refractivity contribution in [2.45, 2.75) is 63.7 Å². The van der Waals surface area contributed by atoms with Crippen LogP contribution in [0.1, 0.15) is 45.6 Å². The third kappa shape index (κ3) is 5.84. The van der Waals surface area contributed by atoms with E-state index in [2.05, 4.69) is 16.3 Å². The Labute approximate surface area is 173 Å². The number of urea groups is 1. The molecule has 2 aliphatic heterocycles. The van der Waals surface area contributed by atoms with Gasteiger partial charge in [0.2, 0.25) is 0 Å². The maximum atomic E-state index is 12.5. The van der Waals surface area contributed by atoms with Gasteiger partial charge in [-0.15, -0.1) is 0 Å². The summed E-state index contributed by atoms with van der Waals surface area (Å²) in [4.78, 5) is 17.0. The van der Waals surface area contributed by atoms with Gasteiger partial charge in [0.05, 0.1) is 18.2 Å². The number of carbonyl (C=O) groups excluding carboxylic acids is 1. The number of nitriles is 1. The quantitative estimate of drug-likeness (QED) is 0.765. The number of nitrogens with zero attached hydrogens (tertiary/aromatic N) is 3. The lowest BCUT2D eigenvalue weighted by Crippen LogP contribution is -2.60. The van der Waals surface area contributed by atoms with Crippen LogP contribution in [0.5, 0.6) is 5.75 Å². The topological polar surface area (TPSA) is 94.6 Å². The summed E-state index contributed by atoms with van der Waals surface area (Å²) in [7, 11) is 0. The van der Waals surface area contributed by atoms with Crippen LogP contribution in [-0.2, 0) is 0 Å². The standard InChI is InChI=1S/C22H33N5O2/c1-22(2,3)25-21(28)26-14-18-6-7-19(15-26)27(18)13-17(24)10-11-29-20-8-4-16(12-23)5-9-20/h4-5,8-9,17-19H,6-7,10-11,13-15,24H2,1-3H3,(H,25,28). The normalized spacial score (nSPS) is 22.8. The zero-order valence-corrected chi connectivity index (χ0v) is 17.7. The predicted octanol–water partition coefficient (Wildman–Crippen LogP) is 2.31. The summed E-state index contributed by atoms with van der Waals surface area (Å²) in [6.07, 6.45) is 3.01. The molecule has 0 aliphatic carbocycles. The Balaban J connectivity index is 1.43. The first-order valence-electron chi connectivity index (χ1n) is 10.5. The highest BCUT2D eigenvalue weighted by molar-refractivity contribution is 5.75. The number of hydrogen-bond donors (Lipinski definition) is 2. The monoisotopic (exact) mass is 399 g/mol. The Bertz CT molecular complexity index is 723. The summed E-state index contributed by atoms with van der Waals surface area (Å²) in [6, 6.07) is 10.1. The molecule has 2 amide bonds. The van der Waals surface area contributed by atoms with E-state index < -0.39 is 0 Å². The Hall–Kier alpha value is -2.30. The molecule has 2 bridgehead atoms. The molecule has 158 valence electrons. The fourth-order valence-corrected chi connectivity index (χ4v) is 4.17.